The molecule has 2 aromatic rings. The molecule has 0 saturated heterocycles. The van der Waals surface area contributed by atoms with Crippen molar-refractivity contribution >= 4 is 17.4 Å². The van der Waals surface area contributed by atoms with Gasteiger partial charge in [-0.1, -0.05) is 6.92 Å². The van der Waals surface area contributed by atoms with Crippen LogP contribution >= 0.6 is 0 Å². The van der Waals surface area contributed by atoms with E-state index in [-0.39, 0.29) is 17.9 Å². The van der Waals surface area contributed by atoms with Crippen molar-refractivity contribution in [2.24, 2.45) is 10.9 Å². The molecule has 6 nitrogen and oxygen atoms in total. The van der Waals surface area contributed by atoms with Gasteiger partial charge in [-0.15, -0.1) is 0 Å². The number of hydrogen-bond acceptors (Lipinski definition) is 4. The molecule has 1 amide bonds. The number of hydrogen-bond donors (Lipinski definition) is 1. The molecule has 2 aliphatic heterocycles. The van der Waals surface area contributed by atoms with E-state index < -0.39 is 0 Å². The molecule has 0 spiro atoms. The van der Waals surface area contributed by atoms with E-state index in [1.807, 2.05) is 17.0 Å². The van der Waals surface area contributed by atoms with Crippen LogP contribution in [0.2, 0.25) is 0 Å². The maximum Gasteiger partial charge on any atom is 0.237 e. The van der Waals surface area contributed by atoms with Crippen molar-refractivity contribution in [3.63, 3.8) is 0 Å². The standard InChI is InChI=1S/C17H19N5O/c1-2-7-22-16-15(19-10-20-16)14-13(17(22)23)9-12(21-14)8-11-3-5-18-6-4-11/h3-6,10,12-13H,2,7-9H2,1H3,(H,19,20). The highest BCUT2D eigenvalue weighted by molar-refractivity contribution is 6.23. The first-order valence-electron chi connectivity index (χ1n) is 8.09. The van der Waals surface area contributed by atoms with Crippen LogP contribution in [0.15, 0.2) is 35.8 Å². The van der Waals surface area contributed by atoms with Crippen LogP contribution in [0.25, 0.3) is 0 Å². The Balaban J connectivity index is 1.64. The third-order valence-electron chi connectivity index (χ3n) is 4.52. The van der Waals surface area contributed by atoms with Crippen LogP contribution in [0.1, 0.15) is 31.0 Å². The number of H-pyrrole nitrogens is 1. The number of anilines is 1. The van der Waals surface area contributed by atoms with Gasteiger partial charge >= 0.3 is 0 Å². The fourth-order valence-electron chi connectivity index (χ4n) is 3.51. The van der Waals surface area contributed by atoms with Gasteiger partial charge in [0.1, 0.15) is 5.69 Å². The number of aromatic amines is 1. The molecule has 0 aliphatic carbocycles. The maximum absolute atomic E-state index is 12.8. The summed E-state index contributed by atoms with van der Waals surface area (Å²) >= 11 is 0. The Morgan fingerprint density at radius 2 is 2.17 bits per heavy atom. The quantitative estimate of drug-likeness (QED) is 0.938. The lowest BCUT2D eigenvalue weighted by Gasteiger charge is -2.29. The average molecular weight is 309 g/mol. The van der Waals surface area contributed by atoms with Crippen molar-refractivity contribution in [1.82, 2.24) is 15.0 Å². The van der Waals surface area contributed by atoms with E-state index in [2.05, 4.69) is 21.9 Å². The normalized spacial score (nSPS) is 22.7. The molecule has 118 valence electrons. The van der Waals surface area contributed by atoms with Crippen LogP contribution in [0.3, 0.4) is 0 Å². The zero-order chi connectivity index (χ0) is 15.8. The molecular weight excluding hydrogens is 290 g/mol. The summed E-state index contributed by atoms with van der Waals surface area (Å²) in [5, 5.41) is 0. The van der Waals surface area contributed by atoms with Crippen LogP contribution in [0.4, 0.5) is 5.82 Å². The van der Waals surface area contributed by atoms with Crippen LogP contribution in [0.5, 0.6) is 0 Å². The zero-order valence-corrected chi connectivity index (χ0v) is 13.1. The Kier molecular flexibility index (Phi) is 3.44. The summed E-state index contributed by atoms with van der Waals surface area (Å²) in [6.45, 7) is 2.78. The molecule has 2 atom stereocenters. The second-order valence-corrected chi connectivity index (χ2v) is 6.11. The number of nitrogens with zero attached hydrogens (tertiary/aromatic N) is 4. The van der Waals surface area contributed by atoms with Crippen molar-refractivity contribution in [1.29, 1.82) is 0 Å². The van der Waals surface area contributed by atoms with Crippen molar-refractivity contribution in [3.8, 4) is 0 Å². The Labute approximate surface area is 134 Å². The maximum atomic E-state index is 12.8. The van der Waals surface area contributed by atoms with Crippen LogP contribution < -0.4 is 4.90 Å². The molecule has 0 radical (unpaired) electrons. The van der Waals surface area contributed by atoms with Gasteiger partial charge in [-0.25, -0.2) is 4.98 Å². The summed E-state index contributed by atoms with van der Waals surface area (Å²) in [6, 6.07) is 4.16. The molecule has 2 aliphatic rings. The van der Waals surface area contributed by atoms with E-state index in [1.54, 1.807) is 18.7 Å². The summed E-state index contributed by atoms with van der Waals surface area (Å²) in [7, 11) is 0. The smallest absolute Gasteiger partial charge is 0.237 e. The van der Waals surface area contributed by atoms with E-state index in [1.165, 1.54) is 5.56 Å². The number of carbonyl (C=O) groups is 1. The van der Waals surface area contributed by atoms with Crippen molar-refractivity contribution in [2.45, 2.75) is 32.2 Å². The lowest BCUT2D eigenvalue weighted by Crippen LogP contribution is -2.44. The largest absolute Gasteiger partial charge is 0.342 e. The molecule has 4 rings (SSSR count). The van der Waals surface area contributed by atoms with Crippen molar-refractivity contribution in [3.05, 3.63) is 42.1 Å². The molecule has 0 fully saturated rings. The second-order valence-electron chi connectivity index (χ2n) is 6.11. The van der Waals surface area contributed by atoms with Crippen molar-refractivity contribution in [2.75, 3.05) is 11.4 Å². The summed E-state index contributed by atoms with van der Waals surface area (Å²) in [5.74, 6) is 0.736. The molecule has 0 aromatic carbocycles. The number of aliphatic imine (C=N–C) groups is 1. The molecule has 4 heterocycles. The number of rotatable bonds is 4. The minimum Gasteiger partial charge on any atom is -0.342 e. The predicted octanol–water partition coefficient (Wildman–Crippen LogP) is 1.98. The number of pyridine rings is 1. The first-order valence-corrected chi connectivity index (χ1v) is 8.09. The SMILES string of the molecule is CCCN1C(=O)C2CC(Cc3ccncc3)N=C2c2[nH]cnc21. The Bertz CT molecular complexity index is 751. The number of carbonyl (C=O) groups excluding carboxylic acids is 1. The minimum atomic E-state index is -0.138. The number of fused-ring (bicyclic) bond motifs is 3. The molecular formula is C17H19N5O. The highest BCUT2D eigenvalue weighted by Crippen LogP contribution is 2.36. The Morgan fingerprint density at radius 1 is 1.35 bits per heavy atom. The molecule has 23 heavy (non-hydrogen) atoms. The first-order chi connectivity index (χ1) is 11.3. The summed E-state index contributed by atoms with van der Waals surface area (Å²) in [5.41, 5.74) is 3.00. The van der Waals surface area contributed by atoms with Crippen LogP contribution in [0, 0.1) is 5.92 Å². The second kappa shape index (κ2) is 5.61. The van der Waals surface area contributed by atoms with Gasteiger partial charge in [0, 0.05) is 18.9 Å². The molecule has 0 saturated carbocycles. The molecule has 2 unspecified atom stereocenters. The lowest BCUT2D eigenvalue weighted by atomic mass is 9.91. The fraction of sp³-hybridized carbons (Fsp3) is 0.412. The number of amides is 1. The highest BCUT2D eigenvalue weighted by atomic mass is 16.2. The van der Waals surface area contributed by atoms with E-state index in [9.17, 15) is 4.79 Å². The number of imidazole rings is 1. The fourth-order valence-corrected chi connectivity index (χ4v) is 3.51. The van der Waals surface area contributed by atoms with E-state index in [0.29, 0.717) is 6.54 Å². The monoisotopic (exact) mass is 309 g/mol. The lowest BCUT2D eigenvalue weighted by molar-refractivity contribution is -0.120. The van der Waals surface area contributed by atoms with Crippen molar-refractivity contribution < 1.29 is 4.79 Å². The number of aromatic nitrogens is 3. The molecule has 0 bridgehead atoms. The molecule has 6 heteroatoms. The summed E-state index contributed by atoms with van der Waals surface area (Å²) in [6.07, 6.45) is 7.78. The topological polar surface area (TPSA) is 74.2 Å². The van der Waals surface area contributed by atoms with Gasteiger partial charge in [-0.2, -0.15) is 0 Å². The van der Waals surface area contributed by atoms with Gasteiger partial charge in [0.25, 0.3) is 0 Å². The Morgan fingerprint density at radius 3 is 2.96 bits per heavy atom. The van der Waals surface area contributed by atoms with Gasteiger partial charge in [-0.3, -0.25) is 19.7 Å². The van der Waals surface area contributed by atoms with E-state index in [4.69, 9.17) is 4.99 Å². The molecule has 2 aromatic heterocycles. The molecule has 1 N–H and O–H groups in total. The summed E-state index contributed by atoms with van der Waals surface area (Å²) < 4.78 is 0. The van der Waals surface area contributed by atoms with Gasteiger partial charge in [0.2, 0.25) is 5.91 Å². The number of nitrogens with one attached hydrogen (secondary N) is 1. The third-order valence-corrected chi connectivity index (χ3v) is 4.52. The summed E-state index contributed by atoms with van der Waals surface area (Å²) in [4.78, 5) is 31.0. The van der Waals surface area contributed by atoms with E-state index >= 15 is 0 Å². The van der Waals surface area contributed by atoms with Gasteiger partial charge in [0.15, 0.2) is 5.82 Å². The predicted molar refractivity (Wildman–Crippen MR) is 87.6 cm³/mol. The zero-order valence-electron chi connectivity index (χ0n) is 13.1. The average Bonchev–Trinajstić information content (AvgIpc) is 3.19. The van der Waals surface area contributed by atoms with Crippen LogP contribution in [-0.2, 0) is 11.2 Å². The highest BCUT2D eigenvalue weighted by Gasteiger charge is 2.43. The van der Waals surface area contributed by atoms with Gasteiger partial charge in [-0.05, 0) is 37.0 Å². The minimum absolute atomic E-state index is 0.138. The van der Waals surface area contributed by atoms with Gasteiger partial charge in [0.05, 0.1) is 24.0 Å². The third kappa shape index (κ3) is 2.34. The Hall–Kier alpha value is -2.50. The van der Waals surface area contributed by atoms with Gasteiger partial charge < -0.3 is 4.98 Å². The first kappa shape index (κ1) is 14.1. The van der Waals surface area contributed by atoms with Crippen LogP contribution in [-0.4, -0.2) is 39.2 Å². The van der Waals surface area contributed by atoms with E-state index in [0.717, 1.165) is 36.5 Å².